The number of hydrogen-bond donors (Lipinski definition) is 2. The van der Waals surface area contributed by atoms with Gasteiger partial charge in [0.25, 0.3) is 0 Å². The highest BCUT2D eigenvalue weighted by Crippen LogP contribution is 2.27. The summed E-state index contributed by atoms with van der Waals surface area (Å²) < 4.78 is 0. The molecule has 0 aliphatic rings. The second kappa shape index (κ2) is 6.28. The molecule has 1 aromatic carbocycles. The fourth-order valence-corrected chi connectivity index (χ4v) is 2.02. The molecule has 0 radical (unpaired) electrons. The number of primary amides is 1. The van der Waals surface area contributed by atoms with Gasteiger partial charge in [-0.2, -0.15) is 0 Å². The molecule has 1 amide bonds. The van der Waals surface area contributed by atoms with E-state index < -0.39 is 0 Å². The fourth-order valence-electron chi connectivity index (χ4n) is 2.02. The first-order valence-corrected chi connectivity index (χ1v) is 5.65. The van der Waals surface area contributed by atoms with Crippen LogP contribution in [0.5, 0.6) is 0 Å². The van der Waals surface area contributed by atoms with Crippen molar-refractivity contribution in [2.45, 2.75) is 25.7 Å². The topological polar surface area (TPSA) is 63.3 Å². The van der Waals surface area contributed by atoms with Gasteiger partial charge >= 0.3 is 0 Å². The van der Waals surface area contributed by atoms with Crippen LogP contribution in [0.25, 0.3) is 0 Å². The van der Waals surface area contributed by atoms with Gasteiger partial charge in [-0.3, -0.25) is 4.79 Å². The summed E-state index contributed by atoms with van der Waals surface area (Å²) in [6.45, 7) is 1.97. The molecule has 1 rings (SSSR count). The Morgan fingerprint density at radius 1 is 1.38 bits per heavy atom. The maximum absolute atomic E-state index is 11.4. The highest BCUT2D eigenvalue weighted by atomic mass is 16.3. The summed E-state index contributed by atoms with van der Waals surface area (Å²) in [5.41, 5.74) is 6.36. The van der Waals surface area contributed by atoms with Crippen molar-refractivity contribution in [3.8, 4) is 0 Å². The van der Waals surface area contributed by atoms with Crippen molar-refractivity contribution in [3.05, 3.63) is 35.9 Å². The van der Waals surface area contributed by atoms with E-state index in [-0.39, 0.29) is 24.3 Å². The molecule has 0 heterocycles. The minimum Gasteiger partial charge on any atom is -0.396 e. The van der Waals surface area contributed by atoms with Crippen molar-refractivity contribution in [2.24, 2.45) is 11.7 Å². The van der Waals surface area contributed by atoms with Crippen LogP contribution < -0.4 is 5.73 Å². The van der Waals surface area contributed by atoms with Gasteiger partial charge in [0.1, 0.15) is 0 Å². The van der Waals surface area contributed by atoms with Gasteiger partial charge in [-0.25, -0.2) is 0 Å². The number of amides is 1. The number of nitrogens with two attached hydrogens (primary N) is 1. The van der Waals surface area contributed by atoms with E-state index in [4.69, 9.17) is 5.73 Å². The van der Waals surface area contributed by atoms with Crippen molar-refractivity contribution in [3.63, 3.8) is 0 Å². The predicted octanol–water partition coefficient (Wildman–Crippen LogP) is 1.66. The third-order valence-electron chi connectivity index (χ3n) is 2.88. The average molecular weight is 221 g/mol. The Labute approximate surface area is 96.3 Å². The Morgan fingerprint density at radius 3 is 2.44 bits per heavy atom. The van der Waals surface area contributed by atoms with E-state index in [9.17, 15) is 9.90 Å². The predicted molar refractivity (Wildman–Crippen MR) is 63.9 cm³/mol. The molecule has 0 saturated carbocycles. The minimum absolute atomic E-state index is 0.0440. The first-order valence-electron chi connectivity index (χ1n) is 5.65. The Morgan fingerprint density at radius 2 is 2.00 bits per heavy atom. The lowest BCUT2D eigenvalue weighted by molar-refractivity contribution is -0.123. The lowest BCUT2D eigenvalue weighted by Gasteiger charge is -2.22. The van der Waals surface area contributed by atoms with Gasteiger partial charge < -0.3 is 10.8 Å². The molecule has 3 heteroatoms. The van der Waals surface area contributed by atoms with Crippen molar-refractivity contribution in [1.29, 1.82) is 0 Å². The molecule has 0 spiro atoms. The van der Waals surface area contributed by atoms with Crippen LogP contribution in [0.4, 0.5) is 0 Å². The monoisotopic (exact) mass is 221 g/mol. The Balaban J connectivity index is 2.91. The van der Waals surface area contributed by atoms with E-state index in [0.717, 1.165) is 18.4 Å². The average Bonchev–Trinajstić information content (AvgIpc) is 2.30. The van der Waals surface area contributed by atoms with Crippen molar-refractivity contribution in [2.75, 3.05) is 6.61 Å². The molecule has 0 fully saturated rings. The van der Waals surface area contributed by atoms with Crippen molar-refractivity contribution < 1.29 is 9.90 Å². The van der Waals surface area contributed by atoms with Crippen LogP contribution in [-0.4, -0.2) is 17.6 Å². The number of carbonyl (C=O) groups is 1. The van der Waals surface area contributed by atoms with Crippen molar-refractivity contribution >= 4 is 5.91 Å². The Bertz CT molecular complexity index is 324. The van der Waals surface area contributed by atoms with Gasteiger partial charge in [0.15, 0.2) is 0 Å². The number of carbonyl (C=O) groups excluding carboxylic acids is 1. The fraction of sp³-hybridized carbons (Fsp3) is 0.462. The molecule has 16 heavy (non-hydrogen) atoms. The quantitative estimate of drug-likeness (QED) is 0.767. The molecule has 3 nitrogen and oxygen atoms in total. The molecule has 88 valence electrons. The molecule has 0 aliphatic heterocycles. The Kier molecular flexibility index (Phi) is 4.99. The molecule has 0 saturated heterocycles. The van der Waals surface area contributed by atoms with Crippen LogP contribution in [0.1, 0.15) is 31.2 Å². The van der Waals surface area contributed by atoms with Crippen molar-refractivity contribution in [1.82, 2.24) is 0 Å². The minimum atomic E-state index is -0.329. The number of aliphatic hydroxyl groups is 1. The van der Waals surface area contributed by atoms with Gasteiger partial charge in [-0.05, 0) is 12.0 Å². The standard InChI is InChI=1S/C13H19NO2/c1-2-6-11(13(14)16)12(9-15)10-7-4-3-5-8-10/h3-5,7-8,11-12,15H,2,6,9H2,1H3,(H2,14,16)/t11?,12-/m1/s1. The summed E-state index contributed by atoms with van der Waals surface area (Å²) in [7, 11) is 0. The highest BCUT2D eigenvalue weighted by molar-refractivity contribution is 5.77. The molecule has 0 aromatic heterocycles. The van der Waals surface area contributed by atoms with Gasteiger partial charge in [0.05, 0.1) is 6.61 Å². The molecular weight excluding hydrogens is 202 g/mol. The largest absolute Gasteiger partial charge is 0.396 e. The van der Waals surface area contributed by atoms with Gasteiger partial charge in [-0.1, -0.05) is 43.7 Å². The molecule has 3 N–H and O–H groups in total. The number of rotatable bonds is 6. The number of benzene rings is 1. The van der Waals surface area contributed by atoms with Crippen LogP contribution >= 0.6 is 0 Å². The van der Waals surface area contributed by atoms with E-state index in [0.29, 0.717) is 0 Å². The Hall–Kier alpha value is -1.35. The van der Waals surface area contributed by atoms with E-state index >= 15 is 0 Å². The first kappa shape index (κ1) is 12.7. The SMILES string of the molecule is CCCC(C(N)=O)[C@H](CO)c1ccccc1. The second-order valence-corrected chi connectivity index (χ2v) is 4.00. The van der Waals surface area contributed by atoms with Crippen LogP contribution in [0.3, 0.4) is 0 Å². The lowest BCUT2D eigenvalue weighted by atomic mass is 9.83. The summed E-state index contributed by atoms with van der Waals surface area (Å²) in [4.78, 5) is 11.4. The first-order chi connectivity index (χ1) is 7.70. The highest BCUT2D eigenvalue weighted by Gasteiger charge is 2.26. The molecule has 0 aliphatic carbocycles. The lowest BCUT2D eigenvalue weighted by Crippen LogP contribution is -2.30. The summed E-state index contributed by atoms with van der Waals surface area (Å²) in [6.07, 6.45) is 1.60. The zero-order valence-electron chi connectivity index (χ0n) is 9.60. The molecule has 1 unspecified atom stereocenters. The summed E-state index contributed by atoms with van der Waals surface area (Å²) >= 11 is 0. The second-order valence-electron chi connectivity index (χ2n) is 4.00. The number of aliphatic hydroxyl groups excluding tert-OH is 1. The third-order valence-corrected chi connectivity index (χ3v) is 2.88. The van der Waals surface area contributed by atoms with Crippen LogP contribution in [-0.2, 0) is 4.79 Å². The molecular formula is C13H19NO2. The smallest absolute Gasteiger partial charge is 0.221 e. The van der Waals surface area contributed by atoms with Gasteiger partial charge in [0, 0.05) is 11.8 Å². The summed E-state index contributed by atoms with van der Waals surface area (Å²) in [5, 5.41) is 9.42. The van der Waals surface area contributed by atoms with Crippen LogP contribution in [0.15, 0.2) is 30.3 Å². The van der Waals surface area contributed by atoms with Crippen LogP contribution in [0, 0.1) is 5.92 Å². The maximum atomic E-state index is 11.4. The zero-order chi connectivity index (χ0) is 12.0. The van der Waals surface area contributed by atoms with E-state index in [1.165, 1.54) is 0 Å². The summed E-state index contributed by atoms with van der Waals surface area (Å²) in [5.74, 6) is -0.791. The normalized spacial score (nSPS) is 14.4. The third kappa shape index (κ3) is 3.07. The van der Waals surface area contributed by atoms with E-state index in [1.807, 2.05) is 37.3 Å². The van der Waals surface area contributed by atoms with Gasteiger partial charge in [-0.15, -0.1) is 0 Å². The van der Waals surface area contributed by atoms with E-state index in [2.05, 4.69) is 0 Å². The number of hydrogen-bond acceptors (Lipinski definition) is 2. The molecule has 1 aromatic rings. The van der Waals surface area contributed by atoms with E-state index in [1.54, 1.807) is 0 Å². The molecule has 2 atom stereocenters. The zero-order valence-corrected chi connectivity index (χ0v) is 9.60. The van der Waals surface area contributed by atoms with Crippen LogP contribution in [0.2, 0.25) is 0 Å². The summed E-state index contributed by atoms with van der Waals surface area (Å²) in [6, 6.07) is 9.57. The maximum Gasteiger partial charge on any atom is 0.221 e. The van der Waals surface area contributed by atoms with Gasteiger partial charge in [0.2, 0.25) is 5.91 Å². The molecule has 0 bridgehead atoms.